The summed E-state index contributed by atoms with van der Waals surface area (Å²) in [4.78, 5) is 10.6. The Hall–Kier alpha value is -6.26. The van der Waals surface area contributed by atoms with Crippen LogP contribution >= 0.6 is 0 Å². The first kappa shape index (κ1) is 26.8. The molecule has 3 heterocycles. The van der Waals surface area contributed by atoms with Crippen LogP contribution in [0.25, 0.3) is 93.8 Å². The van der Waals surface area contributed by atoms with E-state index in [1.54, 1.807) is 0 Å². The standard InChI is InChI=1S/C45H29N3O/c1-45(2)38-31-20-9-7-17-28(31)27-16-6-8-19-30(27)37(38)43-39(45)34-25-24-32-29-18-11-13-23-36(29)48(41(32)42(34)49-43)44-46-35-22-12-10-21-33(35)40(47-44)26-14-4-3-5-15-26/h3-25H,1-2H3. The molecule has 0 spiro atoms. The van der Waals surface area contributed by atoms with Gasteiger partial charge in [0.05, 0.1) is 16.7 Å². The van der Waals surface area contributed by atoms with Crippen LogP contribution in [0.4, 0.5) is 0 Å². The minimum Gasteiger partial charge on any atom is -0.453 e. The molecule has 0 bridgehead atoms. The van der Waals surface area contributed by atoms with Crippen molar-refractivity contribution in [1.29, 1.82) is 0 Å². The number of nitrogens with zero attached hydrogens (tertiary/aromatic N) is 3. The first-order chi connectivity index (χ1) is 24.1. The first-order valence-electron chi connectivity index (χ1n) is 16.9. The third-order valence-corrected chi connectivity index (χ3v) is 10.7. The Bertz CT molecular complexity index is 3020. The maximum atomic E-state index is 7.26. The van der Waals surface area contributed by atoms with E-state index in [9.17, 15) is 0 Å². The highest BCUT2D eigenvalue weighted by Crippen LogP contribution is 2.58. The van der Waals surface area contributed by atoms with Crippen LogP contribution in [0, 0.1) is 0 Å². The molecule has 7 aromatic carbocycles. The van der Waals surface area contributed by atoms with Gasteiger partial charge in [-0.1, -0.05) is 141 Å². The van der Waals surface area contributed by atoms with E-state index in [4.69, 9.17) is 14.4 Å². The Morgan fingerprint density at radius 2 is 1.12 bits per heavy atom. The van der Waals surface area contributed by atoms with Crippen molar-refractivity contribution in [3.8, 4) is 28.5 Å². The molecule has 230 valence electrons. The molecule has 0 aliphatic heterocycles. The third kappa shape index (κ3) is 3.42. The fourth-order valence-corrected chi connectivity index (χ4v) is 8.74. The smallest absolute Gasteiger partial charge is 0.235 e. The number of hydrogen-bond donors (Lipinski definition) is 0. The molecule has 0 amide bonds. The van der Waals surface area contributed by atoms with Gasteiger partial charge in [0.2, 0.25) is 5.95 Å². The highest BCUT2D eigenvalue weighted by atomic mass is 16.3. The summed E-state index contributed by atoms with van der Waals surface area (Å²) < 4.78 is 9.48. The van der Waals surface area contributed by atoms with Gasteiger partial charge >= 0.3 is 0 Å². The van der Waals surface area contributed by atoms with E-state index in [2.05, 4.69) is 146 Å². The number of furan rings is 1. The van der Waals surface area contributed by atoms with E-state index in [1.165, 1.54) is 38.2 Å². The fraction of sp³-hybridized carbons (Fsp3) is 0.0667. The Morgan fingerprint density at radius 3 is 1.92 bits per heavy atom. The SMILES string of the molecule is CC1(C)c2c(c3ccccc3c3ccccc23)-c2oc3c(ccc4c5ccccc5n(-c5nc(-c6ccccc6)c6ccccc6n5)c43)c21. The molecule has 0 saturated heterocycles. The topological polar surface area (TPSA) is 43.9 Å². The van der Waals surface area contributed by atoms with Gasteiger partial charge in [-0.2, -0.15) is 0 Å². The minimum atomic E-state index is -0.288. The molecule has 0 unspecified atom stereocenters. The van der Waals surface area contributed by atoms with E-state index in [-0.39, 0.29) is 5.41 Å². The molecule has 1 aliphatic rings. The number of rotatable bonds is 2. The van der Waals surface area contributed by atoms with Gasteiger partial charge in [-0.3, -0.25) is 4.57 Å². The molecule has 0 atom stereocenters. The maximum Gasteiger partial charge on any atom is 0.235 e. The molecule has 0 radical (unpaired) electrons. The molecule has 0 N–H and O–H groups in total. The molecule has 11 rings (SSSR count). The van der Waals surface area contributed by atoms with Gasteiger partial charge in [-0.05, 0) is 39.2 Å². The van der Waals surface area contributed by atoms with Crippen LogP contribution in [0.2, 0.25) is 0 Å². The lowest BCUT2D eigenvalue weighted by Gasteiger charge is -2.24. The zero-order valence-electron chi connectivity index (χ0n) is 27.0. The van der Waals surface area contributed by atoms with Crippen LogP contribution < -0.4 is 0 Å². The van der Waals surface area contributed by atoms with Gasteiger partial charge < -0.3 is 4.42 Å². The number of para-hydroxylation sites is 2. The molecular weight excluding hydrogens is 599 g/mol. The Balaban J connectivity index is 1.29. The molecule has 0 fully saturated rings. The Labute approximate surface area is 281 Å². The molecule has 1 aliphatic carbocycles. The molecule has 3 aromatic heterocycles. The van der Waals surface area contributed by atoms with E-state index in [1.807, 2.05) is 12.1 Å². The van der Waals surface area contributed by atoms with Gasteiger partial charge in [-0.15, -0.1) is 0 Å². The summed E-state index contributed by atoms with van der Waals surface area (Å²) >= 11 is 0. The summed E-state index contributed by atoms with van der Waals surface area (Å²) in [5, 5.41) is 9.46. The average Bonchev–Trinajstić information content (AvgIpc) is 3.78. The van der Waals surface area contributed by atoms with Crippen LogP contribution in [0.5, 0.6) is 0 Å². The summed E-state index contributed by atoms with van der Waals surface area (Å²) in [6.45, 7) is 4.71. The fourth-order valence-electron chi connectivity index (χ4n) is 8.74. The monoisotopic (exact) mass is 627 g/mol. The molecule has 0 saturated carbocycles. The molecule has 4 nitrogen and oxygen atoms in total. The second-order valence-electron chi connectivity index (χ2n) is 13.7. The molecule has 10 aromatic rings. The predicted molar refractivity (Wildman–Crippen MR) is 202 cm³/mol. The van der Waals surface area contributed by atoms with Crippen molar-refractivity contribution < 1.29 is 4.42 Å². The second-order valence-corrected chi connectivity index (χ2v) is 13.7. The van der Waals surface area contributed by atoms with Gasteiger partial charge in [0, 0.05) is 43.7 Å². The quantitative estimate of drug-likeness (QED) is 0.179. The van der Waals surface area contributed by atoms with Crippen LogP contribution in [0.15, 0.2) is 144 Å². The van der Waals surface area contributed by atoms with E-state index in [0.717, 1.165) is 60.7 Å². The lowest BCUT2D eigenvalue weighted by Crippen LogP contribution is -2.15. The predicted octanol–water partition coefficient (Wildman–Crippen LogP) is 11.8. The third-order valence-electron chi connectivity index (χ3n) is 10.7. The van der Waals surface area contributed by atoms with Gasteiger partial charge in [0.15, 0.2) is 5.58 Å². The lowest BCUT2D eigenvalue weighted by molar-refractivity contribution is 0.621. The van der Waals surface area contributed by atoms with Crippen LogP contribution in [-0.4, -0.2) is 14.5 Å². The zero-order valence-corrected chi connectivity index (χ0v) is 27.0. The van der Waals surface area contributed by atoms with Crippen LogP contribution in [0.3, 0.4) is 0 Å². The van der Waals surface area contributed by atoms with Gasteiger partial charge in [0.25, 0.3) is 0 Å². The van der Waals surface area contributed by atoms with Crippen molar-refractivity contribution in [2.45, 2.75) is 19.3 Å². The van der Waals surface area contributed by atoms with E-state index in [0.29, 0.717) is 5.95 Å². The molecule has 4 heteroatoms. The molecular formula is C45H29N3O. The van der Waals surface area contributed by atoms with Crippen molar-refractivity contribution >= 4 is 65.2 Å². The van der Waals surface area contributed by atoms with Crippen molar-refractivity contribution in [1.82, 2.24) is 14.5 Å². The Morgan fingerprint density at radius 1 is 0.510 bits per heavy atom. The number of fused-ring (bicyclic) bond motifs is 15. The highest BCUT2D eigenvalue weighted by molar-refractivity contribution is 6.22. The lowest BCUT2D eigenvalue weighted by atomic mass is 9.78. The molecule has 49 heavy (non-hydrogen) atoms. The average molecular weight is 628 g/mol. The zero-order chi connectivity index (χ0) is 32.4. The minimum absolute atomic E-state index is 0.288. The van der Waals surface area contributed by atoms with E-state index < -0.39 is 0 Å². The normalized spacial score (nSPS) is 13.7. The highest BCUT2D eigenvalue weighted by Gasteiger charge is 2.43. The van der Waals surface area contributed by atoms with Crippen molar-refractivity contribution in [2.75, 3.05) is 0 Å². The summed E-state index contributed by atoms with van der Waals surface area (Å²) in [6.07, 6.45) is 0. The maximum absolute atomic E-state index is 7.26. The van der Waals surface area contributed by atoms with Crippen LogP contribution in [-0.2, 0) is 5.41 Å². The second kappa shape index (κ2) is 9.42. The van der Waals surface area contributed by atoms with E-state index >= 15 is 0 Å². The number of aromatic nitrogens is 3. The van der Waals surface area contributed by atoms with Crippen molar-refractivity contribution in [3.05, 3.63) is 151 Å². The summed E-state index contributed by atoms with van der Waals surface area (Å²) in [7, 11) is 0. The first-order valence-corrected chi connectivity index (χ1v) is 16.9. The summed E-state index contributed by atoms with van der Waals surface area (Å²) in [6, 6.07) is 49.3. The van der Waals surface area contributed by atoms with Gasteiger partial charge in [0.1, 0.15) is 11.3 Å². The van der Waals surface area contributed by atoms with Crippen molar-refractivity contribution in [3.63, 3.8) is 0 Å². The van der Waals surface area contributed by atoms with Crippen LogP contribution in [0.1, 0.15) is 25.0 Å². The van der Waals surface area contributed by atoms with Gasteiger partial charge in [-0.25, -0.2) is 9.97 Å². The Kier molecular flexibility index (Phi) is 5.15. The summed E-state index contributed by atoms with van der Waals surface area (Å²) in [5.74, 6) is 1.59. The largest absolute Gasteiger partial charge is 0.453 e. The van der Waals surface area contributed by atoms with Crippen molar-refractivity contribution in [2.24, 2.45) is 0 Å². The number of hydrogen-bond acceptors (Lipinski definition) is 3. The summed E-state index contributed by atoms with van der Waals surface area (Å²) in [5.41, 5.74) is 9.27. The number of benzene rings is 7.